The number of fused-ring (bicyclic) bond motifs is 1. The quantitative estimate of drug-likeness (QED) is 0.698. The largest absolute Gasteiger partial charge is 0.352 e. The highest BCUT2D eigenvalue weighted by molar-refractivity contribution is 8.00. The fraction of sp³-hybridized carbons (Fsp3) is 0.636. The third kappa shape index (κ3) is 5.13. The van der Waals surface area contributed by atoms with Gasteiger partial charge in [0.2, 0.25) is 0 Å². The van der Waals surface area contributed by atoms with E-state index < -0.39 is 0 Å². The number of carbonyl (C=O) groups excluding carboxylic acids is 2. The van der Waals surface area contributed by atoms with Crippen LogP contribution in [0.5, 0.6) is 0 Å². The number of hydrogen-bond donors (Lipinski definition) is 2. The highest BCUT2D eigenvalue weighted by Crippen LogP contribution is 2.38. The Morgan fingerprint density at radius 1 is 1.21 bits per heavy atom. The second kappa shape index (κ2) is 9.49. The third-order valence-corrected chi connectivity index (χ3v) is 7.59. The van der Waals surface area contributed by atoms with Gasteiger partial charge in [-0.2, -0.15) is 0 Å². The number of rotatable bonds is 6. The van der Waals surface area contributed by atoms with Crippen LogP contribution in [-0.2, 0) is 4.79 Å². The van der Waals surface area contributed by atoms with Gasteiger partial charge in [0.1, 0.15) is 5.37 Å². The first-order valence-corrected chi connectivity index (χ1v) is 11.8. The first-order valence-electron chi connectivity index (χ1n) is 11.0. The van der Waals surface area contributed by atoms with E-state index in [2.05, 4.69) is 27.4 Å². The van der Waals surface area contributed by atoms with Crippen molar-refractivity contribution in [2.75, 3.05) is 44.6 Å². The highest BCUT2D eigenvalue weighted by atomic mass is 32.2. The minimum absolute atomic E-state index is 0.0257. The molecule has 2 N–H and O–H groups in total. The maximum atomic E-state index is 12.5. The lowest BCUT2D eigenvalue weighted by atomic mass is 9.99. The van der Waals surface area contributed by atoms with E-state index in [4.69, 9.17) is 0 Å². The smallest absolute Gasteiger partial charge is 0.252 e. The molecule has 6 nitrogen and oxygen atoms in total. The van der Waals surface area contributed by atoms with Gasteiger partial charge in [0.05, 0.1) is 5.69 Å². The normalized spacial score (nSPS) is 23.6. The standard InChI is InChI=1S/C22H32N4O2S/c1-16-7-13-25(14-8-16)10-4-9-23-20(27)17-5-6-19-18(15-17)24-21(28)22(29-19)26-11-2-3-12-26/h5-6,15-16,22H,2-4,7-14H2,1H3,(H,23,27)(H,24,28). The lowest BCUT2D eigenvalue weighted by molar-refractivity contribution is -0.118. The van der Waals surface area contributed by atoms with Gasteiger partial charge in [0.25, 0.3) is 11.8 Å². The fourth-order valence-corrected chi connectivity index (χ4v) is 5.50. The summed E-state index contributed by atoms with van der Waals surface area (Å²) in [6.45, 7) is 8.37. The zero-order chi connectivity index (χ0) is 20.2. The van der Waals surface area contributed by atoms with E-state index in [9.17, 15) is 9.59 Å². The Morgan fingerprint density at radius 2 is 1.97 bits per heavy atom. The Labute approximate surface area is 177 Å². The van der Waals surface area contributed by atoms with Crippen molar-refractivity contribution in [3.63, 3.8) is 0 Å². The molecule has 158 valence electrons. The van der Waals surface area contributed by atoms with Crippen molar-refractivity contribution in [2.24, 2.45) is 5.92 Å². The summed E-state index contributed by atoms with van der Waals surface area (Å²) in [4.78, 5) is 30.8. The lowest BCUT2D eigenvalue weighted by Gasteiger charge is -2.30. The third-order valence-electron chi connectivity index (χ3n) is 6.25. The van der Waals surface area contributed by atoms with Crippen molar-refractivity contribution in [1.82, 2.24) is 15.1 Å². The summed E-state index contributed by atoms with van der Waals surface area (Å²) in [6, 6.07) is 5.64. The molecule has 0 bridgehead atoms. The molecule has 0 aromatic heterocycles. The first-order chi connectivity index (χ1) is 14.1. The molecule has 0 radical (unpaired) electrons. The van der Waals surface area contributed by atoms with Crippen molar-refractivity contribution >= 4 is 29.3 Å². The number of piperidine rings is 1. The summed E-state index contributed by atoms with van der Waals surface area (Å²) in [7, 11) is 0. The van der Waals surface area contributed by atoms with Crippen LogP contribution in [-0.4, -0.2) is 66.3 Å². The van der Waals surface area contributed by atoms with Crippen LogP contribution < -0.4 is 10.6 Å². The average Bonchev–Trinajstić information content (AvgIpc) is 3.26. The van der Waals surface area contributed by atoms with Crippen LogP contribution in [0.3, 0.4) is 0 Å². The molecule has 3 aliphatic heterocycles. The van der Waals surface area contributed by atoms with Crippen LogP contribution in [0.15, 0.2) is 23.1 Å². The fourth-order valence-electron chi connectivity index (χ4n) is 4.35. The number of amides is 2. The van der Waals surface area contributed by atoms with Crippen LogP contribution in [0.4, 0.5) is 5.69 Å². The van der Waals surface area contributed by atoms with Crippen molar-refractivity contribution in [3.8, 4) is 0 Å². The summed E-state index contributed by atoms with van der Waals surface area (Å²) < 4.78 is 0. The van der Waals surface area contributed by atoms with Crippen LogP contribution in [0.2, 0.25) is 0 Å². The minimum atomic E-state index is -0.151. The molecule has 1 atom stereocenters. The van der Waals surface area contributed by atoms with E-state index in [-0.39, 0.29) is 17.2 Å². The van der Waals surface area contributed by atoms with Crippen LogP contribution in [0.25, 0.3) is 0 Å². The van der Waals surface area contributed by atoms with Gasteiger partial charge in [-0.15, -0.1) is 0 Å². The van der Waals surface area contributed by atoms with Crippen molar-refractivity contribution in [1.29, 1.82) is 0 Å². The van der Waals surface area contributed by atoms with Crippen molar-refractivity contribution < 1.29 is 9.59 Å². The van der Waals surface area contributed by atoms with Gasteiger partial charge in [0, 0.05) is 17.0 Å². The zero-order valence-corrected chi connectivity index (χ0v) is 18.1. The molecular formula is C22H32N4O2S. The monoisotopic (exact) mass is 416 g/mol. The number of carbonyl (C=O) groups is 2. The predicted molar refractivity (Wildman–Crippen MR) is 117 cm³/mol. The molecule has 0 spiro atoms. The molecular weight excluding hydrogens is 384 g/mol. The molecule has 29 heavy (non-hydrogen) atoms. The number of hydrogen-bond acceptors (Lipinski definition) is 5. The van der Waals surface area contributed by atoms with E-state index >= 15 is 0 Å². The van der Waals surface area contributed by atoms with Crippen LogP contribution in [0.1, 0.15) is 49.4 Å². The average molecular weight is 417 g/mol. The Balaban J connectivity index is 1.27. The Bertz CT molecular complexity index is 742. The van der Waals surface area contributed by atoms with Gasteiger partial charge >= 0.3 is 0 Å². The van der Waals surface area contributed by atoms with E-state index in [0.717, 1.165) is 55.4 Å². The summed E-state index contributed by atoms with van der Waals surface area (Å²) in [5, 5.41) is 5.88. The SMILES string of the molecule is CC1CCN(CCCNC(=O)c2ccc3c(c2)NC(=O)C(N2CCCC2)S3)CC1. The summed E-state index contributed by atoms with van der Waals surface area (Å²) in [5.41, 5.74) is 1.36. The highest BCUT2D eigenvalue weighted by Gasteiger charge is 2.33. The maximum absolute atomic E-state index is 12.5. The topological polar surface area (TPSA) is 64.7 Å². The molecule has 1 aromatic rings. The number of likely N-dealkylation sites (tertiary alicyclic amines) is 2. The first kappa shape index (κ1) is 20.7. The number of anilines is 1. The van der Waals surface area contributed by atoms with Crippen LogP contribution >= 0.6 is 11.8 Å². The number of benzene rings is 1. The zero-order valence-electron chi connectivity index (χ0n) is 17.3. The molecule has 3 heterocycles. The van der Waals surface area contributed by atoms with Crippen molar-refractivity contribution in [3.05, 3.63) is 23.8 Å². The second-order valence-electron chi connectivity index (χ2n) is 8.55. The molecule has 7 heteroatoms. The van der Waals surface area contributed by atoms with Gasteiger partial charge < -0.3 is 15.5 Å². The predicted octanol–water partition coefficient (Wildman–Crippen LogP) is 3.00. The van der Waals surface area contributed by atoms with Crippen LogP contribution in [0, 0.1) is 5.92 Å². The molecule has 2 saturated heterocycles. The van der Waals surface area contributed by atoms with Gasteiger partial charge in [0.15, 0.2) is 0 Å². The van der Waals surface area contributed by atoms with Gasteiger partial charge in [-0.1, -0.05) is 18.7 Å². The lowest BCUT2D eigenvalue weighted by Crippen LogP contribution is -2.42. The van der Waals surface area contributed by atoms with Gasteiger partial charge in [-0.25, -0.2) is 0 Å². The summed E-state index contributed by atoms with van der Waals surface area (Å²) in [6.07, 6.45) is 5.85. The van der Waals surface area contributed by atoms with E-state index in [1.54, 1.807) is 11.8 Å². The molecule has 0 saturated carbocycles. The number of nitrogens with zero attached hydrogens (tertiary/aromatic N) is 2. The summed E-state index contributed by atoms with van der Waals surface area (Å²) >= 11 is 1.60. The van der Waals surface area contributed by atoms with Gasteiger partial charge in [-0.05, 0) is 88.9 Å². The van der Waals surface area contributed by atoms with E-state index in [0.29, 0.717) is 12.1 Å². The number of thioether (sulfide) groups is 1. The molecule has 0 aliphatic carbocycles. The molecule has 3 aliphatic rings. The van der Waals surface area contributed by atoms with E-state index in [1.807, 2.05) is 18.2 Å². The molecule has 2 fully saturated rings. The molecule has 2 amide bonds. The second-order valence-corrected chi connectivity index (χ2v) is 9.67. The van der Waals surface area contributed by atoms with E-state index in [1.165, 1.54) is 25.9 Å². The number of nitrogens with one attached hydrogen (secondary N) is 2. The molecule has 1 unspecified atom stereocenters. The van der Waals surface area contributed by atoms with Gasteiger partial charge in [-0.3, -0.25) is 14.5 Å². The maximum Gasteiger partial charge on any atom is 0.252 e. The molecule has 4 rings (SSSR count). The Hall–Kier alpha value is -1.57. The summed E-state index contributed by atoms with van der Waals surface area (Å²) in [5.74, 6) is 0.804. The minimum Gasteiger partial charge on any atom is -0.352 e. The van der Waals surface area contributed by atoms with Crippen molar-refractivity contribution in [2.45, 2.75) is 49.3 Å². The Morgan fingerprint density at radius 3 is 2.72 bits per heavy atom. The Kier molecular flexibility index (Phi) is 6.77. The molecule has 1 aromatic carbocycles.